The van der Waals surface area contributed by atoms with Crippen molar-refractivity contribution in [1.82, 2.24) is 20.0 Å². The maximum absolute atomic E-state index is 11.9. The van der Waals surface area contributed by atoms with Crippen LogP contribution >= 0.6 is 0 Å². The van der Waals surface area contributed by atoms with Gasteiger partial charge < -0.3 is 15.3 Å². The lowest BCUT2D eigenvalue weighted by Crippen LogP contribution is -2.52. The van der Waals surface area contributed by atoms with Gasteiger partial charge in [-0.15, -0.1) is 0 Å². The number of aliphatic hydroxyl groups is 1. The lowest BCUT2D eigenvalue weighted by molar-refractivity contribution is -0.131. The molecule has 1 amide bonds. The van der Waals surface area contributed by atoms with Gasteiger partial charge in [0.15, 0.2) is 0 Å². The molecule has 0 spiro atoms. The molecule has 144 valence electrons. The smallest absolute Gasteiger partial charge is 0.266 e. The Kier molecular flexibility index (Phi) is 6.09. The van der Waals surface area contributed by atoms with Gasteiger partial charge in [-0.05, 0) is 51.0 Å². The molecule has 2 N–H and O–H groups in total. The van der Waals surface area contributed by atoms with Gasteiger partial charge in [0.1, 0.15) is 0 Å². The normalized spacial score (nSPS) is 30.0. The van der Waals surface area contributed by atoms with Gasteiger partial charge in [-0.1, -0.05) is 0 Å². The number of nitrogens with one attached hydrogen (secondary N) is 1. The number of carbonyl (C=O) groups is 1. The summed E-state index contributed by atoms with van der Waals surface area (Å²) in [4.78, 5) is 25.4. The van der Waals surface area contributed by atoms with Crippen LogP contribution in [0.15, 0.2) is 23.1 Å². The highest BCUT2D eigenvalue weighted by molar-refractivity contribution is 5.73. The molecule has 1 unspecified atom stereocenters. The van der Waals surface area contributed by atoms with Gasteiger partial charge in [0.25, 0.3) is 5.56 Å². The molecule has 1 saturated carbocycles. The zero-order chi connectivity index (χ0) is 18.6. The van der Waals surface area contributed by atoms with Gasteiger partial charge >= 0.3 is 0 Å². The number of amides is 1. The number of likely N-dealkylation sites (tertiary alicyclic amines) is 1. The lowest BCUT2D eigenvalue weighted by Gasteiger charge is -2.35. The van der Waals surface area contributed by atoms with Crippen LogP contribution in [0.5, 0.6) is 0 Å². The van der Waals surface area contributed by atoms with E-state index < -0.39 is 5.60 Å². The van der Waals surface area contributed by atoms with Crippen LogP contribution in [-0.2, 0) is 4.79 Å². The molecule has 1 atom stereocenters. The Balaban J connectivity index is 1.51. The van der Waals surface area contributed by atoms with Gasteiger partial charge in [0, 0.05) is 38.3 Å². The summed E-state index contributed by atoms with van der Waals surface area (Å²) in [6.07, 6.45) is 8.01. The Labute approximate surface area is 154 Å². The minimum Gasteiger partial charge on any atom is -0.387 e. The zero-order valence-corrected chi connectivity index (χ0v) is 15.6. The topological polar surface area (TPSA) is 87.5 Å². The molecule has 3 rings (SSSR count). The van der Waals surface area contributed by atoms with Crippen molar-refractivity contribution in [2.75, 3.05) is 19.6 Å². The third-order valence-corrected chi connectivity index (χ3v) is 5.75. The van der Waals surface area contributed by atoms with Gasteiger partial charge in [-0.2, -0.15) is 5.10 Å². The van der Waals surface area contributed by atoms with E-state index in [1.54, 1.807) is 34.8 Å². The van der Waals surface area contributed by atoms with Crippen molar-refractivity contribution < 1.29 is 9.90 Å². The molecule has 1 saturated heterocycles. The van der Waals surface area contributed by atoms with E-state index in [2.05, 4.69) is 10.4 Å². The fourth-order valence-electron chi connectivity index (χ4n) is 4.19. The Morgan fingerprint density at radius 1 is 1.35 bits per heavy atom. The first-order valence-electron chi connectivity index (χ1n) is 9.72. The first kappa shape index (κ1) is 19.0. The van der Waals surface area contributed by atoms with E-state index in [9.17, 15) is 14.7 Å². The predicted molar refractivity (Wildman–Crippen MR) is 98.8 cm³/mol. The van der Waals surface area contributed by atoms with Gasteiger partial charge in [0.05, 0.1) is 18.2 Å². The molecule has 1 aromatic heterocycles. The van der Waals surface area contributed by atoms with Gasteiger partial charge in [-0.25, -0.2) is 4.68 Å². The van der Waals surface area contributed by atoms with Crippen molar-refractivity contribution in [3.63, 3.8) is 0 Å². The lowest BCUT2D eigenvalue weighted by atomic mass is 9.90. The average molecular weight is 362 g/mol. The highest BCUT2D eigenvalue weighted by Gasteiger charge is 2.33. The maximum atomic E-state index is 11.9. The second kappa shape index (κ2) is 8.31. The van der Waals surface area contributed by atoms with Crippen LogP contribution < -0.4 is 10.9 Å². The number of carbonyl (C=O) groups excluding carboxylic acids is 1. The summed E-state index contributed by atoms with van der Waals surface area (Å²) >= 11 is 0. The monoisotopic (exact) mass is 362 g/mol. The molecule has 2 aliphatic rings. The van der Waals surface area contributed by atoms with Crippen LogP contribution in [-0.4, -0.2) is 57.0 Å². The molecule has 1 aliphatic carbocycles. The van der Waals surface area contributed by atoms with Crippen LogP contribution in [0, 0.1) is 0 Å². The number of β-amino-alcohol motifs (C(OH)–C–C–N with tert-alkyl or cyclic N) is 1. The third kappa shape index (κ3) is 4.71. The highest BCUT2D eigenvalue weighted by atomic mass is 16.3. The molecule has 0 radical (unpaired) electrons. The Morgan fingerprint density at radius 3 is 2.81 bits per heavy atom. The van der Waals surface area contributed by atoms with E-state index in [-0.39, 0.29) is 17.5 Å². The van der Waals surface area contributed by atoms with Crippen molar-refractivity contribution in [3.05, 3.63) is 28.7 Å². The summed E-state index contributed by atoms with van der Waals surface area (Å²) in [5, 5.41) is 18.7. The van der Waals surface area contributed by atoms with Gasteiger partial charge in [0.2, 0.25) is 5.91 Å². The van der Waals surface area contributed by atoms with E-state index in [0.29, 0.717) is 19.1 Å². The summed E-state index contributed by atoms with van der Waals surface area (Å²) in [5.74, 6) is 0.0339. The number of nitrogens with zero attached hydrogens (tertiary/aromatic N) is 3. The largest absolute Gasteiger partial charge is 0.387 e. The molecule has 1 aromatic rings. The minimum absolute atomic E-state index is 0.0339. The van der Waals surface area contributed by atoms with E-state index in [1.807, 2.05) is 0 Å². The summed E-state index contributed by atoms with van der Waals surface area (Å²) in [6, 6.07) is 3.73. The fraction of sp³-hybridized carbons (Fsp3) is 0.737. The third-order valence-electron chi connectivity index (χ3n) is 5.75. The molecule has 0 bridgehead atoms. The first-order valence-corrected chi connectivity index (χ1v) is 9.72. The maximum Gasteiger partial charge on any atom is 0.266 e. The minimum atomic E-state index is -0.850. The van der Waals surface area contributed by atoms with Crippen LogP contribution in [0.2, 0.25) is 0 Å². The average Bonchev–Trinajstić information content (AvgIpc) is 2.83. The Bertz CT molecular complexity index is 669. The molecule has 2 heterocycles. The highest BCUT2D eigenvalue weighted by Crippen LogP contribution is 2.27. The molecule has 7 nitrogen and oxygen atoms in total. The summed E-state index contributed by atoms with van der Waals surface area (Å²) in [5.41, 5.74) is -0.891. The molecule has 1 aliphatic heterocycles. The number of hydrogen-bond acceptors (Lipinski definition) is 5. The number of rotatable bonds is 4. The second-order valence-corrected chi connectivity index (χ2v) is 7.81. The summed E-state index contributed by atoms with van der Waals surface area (Å²) < 4.78 is 1.60. The first-order chi connectivity index (χ1) is 12.5. The molecule has 7 heteroatoms. The van der Waals surface area contributed by atoms with E-state index in [1.165, 1.54) is 0 Å². The summed E-state index contributed by atoms with van der Waals surface area (Å²) in [6.45, 7) is 3.23. The van der Waals surface area contributed by atoms with E-state index in [0.717, 1.165) is 51.5 Å². The van der Waals surface area contributed by atoms with E-state index >= 15 is 0 Å². The molecular weight excluding hydrogens is 332 g/mol. The van der Waals surface area contributed by atoms with Crippen LogP contribution in [0.1, 0.15) is 57.9 Å². The van der Waals surface area contributed by atoms with Crippen molar-refractivity contribution in [3.8, 4) is 0 Å². The van der Waals surface area contributed by atoms with Crippen molar-refractivity contribution in [1.29, 1.82) is 0 Å². The summed E-state index contributed by atoms with van der Waals surface area (Å²) in [7, 11) is 0. The van der Waals surface area contributed by atoms with Gasteiger partial charge in [-0.3, -0.25) is 9.59 Å². The molecule has 0 aromatic carbocycles. The standard InChI is InChI=1S/C19H30N4O3/c1-15(24)22-12-3-2-10-19(26,14-22)13-20-16-6-8-17(9-7-16)23-18(25)5-4-11-21-23/h4-5,11,16-17,20,26H,2-3,6-10,12-14H2,1H3. The van der Waals surface area contributed by atoms with Crippen LogP contribution in [0.4, 0.5) is 0 Å². The molecule has 2 fully saturated rings. The zero-order valence-electron chi connectivity index (χ0n) is 15.6. The molecular formula is C19H30N4O3. The number of hydrogen-bond donors (Lipinski definition) is 2. The number of aromatic nitrogens is 2. The molecule has 26 heavy (non-hydrogen) atoms. The van der Waals surface area contributed by atoms with Crippen molar-refractivity contribution in [2.45, 2.75) is 69.6 Å². The fourth-order valence-corrected chi connectivity index (χ4v) is 4.19. The SMILES string of the molecule is CC(=O)N1CCCCC(O)(CNC2CCC(n3ncccc3=O)CC2)C1. The Hall–Kier alpha value is -1.73. The van der Waals surface area contributed by atoms with Crippen molar-refractivity contribution >= 4 is 5.91 Å². The second-order valence-electron chi connectivity index (χ2n) is 7.81. The van der Waals surface area contributed by atoms with Crippen LogP contribution in [0.3, 0.4) is 0 Å². The Morgan fingerprint density at radius 2 is 2.12 bits per heavy atom. The van der Waals surface area contributed by atoms with E-state index in [4.69, 9.17) is 0 Å². The van der Waals surface area contributed by atoms with Crippen molar-refractivity contribution in [2.24, 2.45) is 0 Å². The quantitative estimate of drug-likeness (QED) is 0.837. The predicted octanol–water partition coefficient (Wildman–Crippen LogP) is 1.08. The van der Waals surface area contributed by atoms with Crippen LogP contribution in [0.25, 0.3) is 0 Å².